The number of nitrogens with one attached hydrogen (secondary N) is 2. The van der Waals surface area contributed by atoms with Gasteiger partial charge in [0, 0.05) is 6.04 Å². The van der Waals surface area contributed by atoms with Crippen LogP contribution in [-0.4, -0.2) is 31.1 Å². The maximum Gasteiger partial charge on any atom is 0.261 e. The van der Waals surface area contributed by atoms with Gasteiger partial charge in [-0.05, 0) is 55.6 Å². The molecular formula is C21H27ClN2O2. The number of amides is 1. The normalized spacial score (nSPS) is 20.5. The minimum absolute atomic E-state index is 0. The van der Waals surface area contributed by atoms with E-state index in [2.05, 4.69) is 29.7 Å². The van der Waals surface area contributed by atoms with Gasteiger partial charge in [-0.1, -0.05) is 49.4 Å². The highest BCUT2D eigenvalue weighted by atomic mass is 35.5. The van der Waals surface area contributed by atoms with E-state index in [1.165, 1.54) is 5.56 Å². The van der Waals surface area contributed by atoms with Gasteiger partial charge in [-0.3, -0.25) is 4.79 Å². The zero-order valence-corrected chi connectivity index (χ0v) is 16.1. The molecule has 2 aromatic rings. The predicted molar refractivity (Wildman–Crippen MR) is 108 cm³/mol. The van der Waals surface area contributed by atoms with Gasteiger partial charge in [-0.2, -0.15) is 0 Å². The highest BCUT2D eigenvalue weighted by Crippen LogP contribution is 2.22. The molecule has 1 amide bonds. The Labute approximate surface area is 161 Å². The van der Waals surface area contributed by atoms with Crippen LogP contribution in [-0.2, 0) is 4.79 Å². The summed E-state index contributed by atoms with van der Waals surface area (Å²) in [5.41, 5.74) is 2.30. The highest BCUT2D eigenvalue weighted by molar-refractivity contribution is 5.85. The summed E-state index contributed by atoms with van der Waals surface area (Å²) in [7, 11) is 0. The molecule has 4 nitrogen and oxygen atoms in total. The first-order valence-electron chi connectivity index (χ1n) is 8.96. The molecule has 3 rings (SSSR count). The number of carbonyl (C=O) groups excluding carboxylic acids is 1. The third-order valence-corrected chi connectivity index (χ3v) is 4.76. The molecule has 3 unspecified atom stereocenters. The lowest BCUT2D eigenvalue weighted by Crippen LogP contribution is -2.51. The Morgan fingerprint density at radius 2 is 1.77 bits per heavy atom. The van der Waals surface area contributed by atoms with Gasteiger partial charge >= 0.3 is 0 Å². The van der Waals surface area contributed by atoms with Gasteiger partial charge < -0.3 is 15.4 Å². The number of hydrogen-bond acceptors (Lipinski definition) is 3. The van der Waals surface area contributed by atoms with Crippen molar-refractivity contribution in [1.29, 1.82) is 0 Å². The van der Waals surface area contributed by atoms with Crippen molar-refractivity contribution in [3.63, 3.8) is 0 Å². The lowest BCUT2D eigenvalue weighted by Gasteiger charge is -2.31. The molecule has 1 fully saturated rings. The molecule has 0 aliphatic carbocycles. The molecule has 2 N–H and O–H groups in total. The van der Waals surface area contributed by atoms with E-state index < -0.39 is 6.10 Å². The molecule has 26 heavy (non-hydrogen) atoms. The quantitative estimate of drug-likeness (QED) is 0.839. The van der Waals surface area contributed by atoms with Crippen molar-refractivity contribution in [2.45, 2.75) is 32.4 Å². The number of halogens is 1. The number of ether oxygens (including phenoxy) is 1. The van der Waals surface area contributed by atoms with Crippen LogP contribution in [0.4, 0.5) is 0 Å². The second kappa shape index (κ2) is 9.60. The largest absolute Gasteiger partial charge is 0.481 e. The first kappa shape index (κ1) is 20.3. The number of rotatable bonds is 5. The van der Waals surface area contributed by atoms with Crippen LogP contribution >= 0.6 is 12.4 Å². The van der Waals surface area contributed by atoms with Gasteiger partial charge in [0.2, 0.25) is 0 Å². The highest BCUT2D eigenvalue weighted by Gasteiger charge is 2.25. The van der Waals surface area contributed by atoms with Crippen LogP contribution in [0.25, 0.3) is 11.1 Å². The molecule has 3 atom stereocenters. The average Bonchev–Trinajstić information content (AvgIpc) is 2.65. The molecule has 1 saturated heterocycles. The van der Waals surface area contributed by atoms with Crippen molar-refractivity contribution < 1.29 is 9.53 Å². The average molecular weight is 375 g/mol. The summed E-state index contributed by atoms with van der Waals surface area (Å²) < 4.78 is 5.82. The zero-order valence-electron chi connectivity index (χ0n) is 15.3. The Morgan fingerprint density at radius 3 is 2.42 bits per heavy atom. The third-order valence-electron chi connectivity index (χ3n) is 4.76. The van der Waals surface area contributed by atoms with Crippen LogP contribution in [0.15, 0.2) is 54.6 Å². The van der Waals surface area contributed by atoms with Crippen LogP contribution < -0.4 is 15.4 Å². The van der Waals surface area contributed by atoms with Gasteiger partial charge in [0.1, 0.15) is 5.75 Å². The van der Waals surface area contributed by atoms with Crippen LogP contribution in [0.5, 0.6) is 5.75 Å². The van der Waals surface area contributed by atoms with E-state index >= 15 is 0 Å². The maximum absolute atomic E-state index is 12.4. The molecule has 2 aromatic carbocycles. The van der Waals surface area contributed by atoms with Crippen molar-refractivity contribution in [1.82, 2.24) is 10.6 Å². The fourth-order valence-corrected chi connectivity index (χ4v) is 3.14. The molecule has 1 aliphatic rings. The van der Waals surface area contributed by atoms with Crippen LogP contribution in [0, 0.1) is 5.92 Å². The summed E-state index contributed by atoms with van der Waals surface area (Å²) >= 11 is 0. The Hall–Kier alpha value is -2.04. The topological polar surface area (TPSA) is 50.4 Å². The van der Waals surface area contributed by atoms with E-state index in [0.717, 1.165) is 25.1 Å². The molecule has 0 aromatic heterocycles. The van der Waals surface area contributed by atoms with Gasteiger partial charge in [0.05, 0.1) is 0 Å². The number of piperidine rings is 1. The standard InChI is InChI=1S/C21H26N2O2.ClH/c1-15-14-22-13-12-20(15)23-21(24)16(2)25-19-10-8-18(9-11-19)17-6-4-3-5-7-17;/h3-11,15-16,20,22H,12-14H2,1-2H3,(H,23,24);1H. The predicted octanol–water partition coefficient (Wildman–Crippen LogP) is 3.66. The second-order valence-electron chi connectivity index (χ2n) is 6.74. The van der Waals surface area contributed by atoms with E-state index in [1.807, 2.05) is 42.5 Å². The lowest BCUT2D eigenvalue weighted by molar-refractivity contribution is -0.128. The van der Waals surface area contributed by atoms with Crippen molar-refractivity contribution in [3.05, 3.63) is 54.6 Å². The molecular weight excluding hydrogens is 348 g/mol. The Balaban J connectivity index is 0.00000243. The number of benzene rings is 2. The molecule has 1 heterocycles. The van der Waals surface area contributed by atoms with Gasteiger partial charge in [-0.15, -0.1) is 12.4 Å². The Morgan fingerprint density at radius 1 is 1.12 bits per heavy atom. The smallest absolute Gasteiger partial charge is 0.261 e. The minimum atomic E-state index is -0.510. The van der Waals surface area contributed by atoms with Gasteiger partial charge in [0.15, 0.2) is 6.10 Å². The molecule has 0 radical (unpaired) electrons. The van der Waals surface area contributed by atoms with Crippen molar-refractivity contribution in [3.8, 4) is 16.9 Å². The first-order valence-corrected chi connectivity index (χ1v) is 8.96. The second-order valence-corrected chi connectivity index (χ2v) is 6.74. The maximum atomic E-state index is 12.4. The van der Waals surface area contributed by atoms with Crippen molar-refractivity contribution in [2.75, 3.05) is 13.1 Å². The summed E-state index contributed by atoms with van der Waals surface area (Å²) in [6, 6.07) is 18.3. The third kappa shape index (κ3) is 5.23. The zero-order chi connectivity index (χ0) is 17.6. The van der Waals surface area contributed by atoms with Crippen molar-refractivity contribution in [2.24, 2.45) is 5.92 Å². The fourth-order valence-electron chi connectivity index (χ4n) is 3.14. The molecule has 0 spiro atoms. The van der Waals surface area contributed by atoms with Crippen LogP contribution in [0.1, 0.15) is 20.3 Å². The molecule has 140 valence electrons. The molecule has 5 heteroatoms. The number of carbonyl (C=O) groups is 1. The van der Waals surface area contributed by atoms with E-state index in [9.17, 15) is 4.79 Å². The fraction of sp³-hybridized carbons (Fsp3) is 0.381. The Kier molecular flexibility index (Phi) is 7.49. The summed E-state index contributed by atoms with van der Waals surface area (Å²) in [5.74, 6) is 1.10. The monoisotopic (exact) mass is 374 g/mol. The summed E-state index contributed by atoms with van der Waals surface area (Å²) in [6.45, 7) is 5.85. The van der Waals surface area contributed by atoms with Crippen LogP contribution in [0.3, 0.4) is 0 Å². The summed E-state index contributed by atoms with van der Waals surface area (Å²) in [4.78, 5) is 12.4. The van der Waals surface area contributed by atoms with Crippen molar-refractivity contribution >= 4 is 18.3 Å². The summed E-state index contributed by atoms with van der Waals surface area (Å²) in [6.07, 6.45) is 0.454. The molecule has 1 aliphatic heterocycles. The van der Waals surface area contributed by atoms with E-state index in [-0.39, 0.29) is 24.4 Å². The van der Waals surface area contributed by atoms with E-state index in [4.69, 9.17) is 4.74 Å². The SMILES string of the molecule is CC(Oc1ccc(-c2ccccc2)cc1)C(=O)NC1CCNCC1C.Cl. The van der Waals surface area contributed by atoms with Gasteiger partial charge in [0.25, 0.3) is 5.91 Å². The van der Waals surface area contributed by atoms with Crippen LogP contribution in [0.2, 0.25) is 0 Å². The Bertz CT molecular complexity index is 691. The number of hydrogen-bond donors (Lipinski definition) is 2. The minimum Gasteiger partial charge on any atom is -0.481 e. The first-order chi connectivity index (χ1) is 12.1. The van der Waals surface area contributed by atoms with E-state index in [0.29, 0.717) is 11.7 Å². The molecule has 0 saturated carbocycles. The summed E-state index contributed by atoms with van der Waals surface area (Å²) in [5, 5.41) is 6.46. The lowest BCUT2D eigenvalue weighted by atomic mass is 9.95. The molecule has 0 bridgehead atoms. The van der Waals surface area contributed by atoms with Gasteiger partial charge in [-0.25, -0.2) is 0 Å². The van der Waals surface area contributed by atoms with E-state index in [1.54, 1.807) is 6.92 Å².